The zero-order chi connectivity index (χ0) is 15.5. The van der Waals surface area contributed by atoms with Crippen molar-refractivity contribution in [2.75, 3.05) is 26.2 Å². The Morgan fingerprint density at radius 2 is 1.95 bits per heavy atom. The van der Waals surface area contributed by atoms with E-state index in [1.165, 1.54) is 12.8 Å². The van der Waals surface area contributed by atoms with Crippen LogP contribution in [0.4, 0.5) is 0 Å². The Balaban J connectivity index is 1.36. The van der Waals surface area contributed by atoms with Crippen molar-refractivity contribution >= 4 is 5.91 Å². The maximum Gasteiger partial charge on any atom is 0.248 e. The minimum absolute atomic E-state index is 0.356. The number of amides is 1. The number of hydrogen-bond donors (Lipinski definition) is 2. The number of nitrogens with two attached hydrogens (primary N) is 2. The molecule has 0 unspecified atom stereocenters. The summed E-state index contributed by atoms with van der Waals surface area (Å²) in [5.74, 6) is 1.96. The molecule has 5 heteroatoms. The maximum absolute atomic E-state index is 11.0. The van der Waals surface area contributed by atoms with Gasteiger partial charge >= 0.3 is 0 Å². The van der Waals surface area contributed by atoms with Crippen LogP contribution in [-0.2, 0) is 0 Å². The molecule has 0 bridgehead atoms. The van der Waals surface area contributed by atoms with Gasteiger partial charge in [-0.25, -0.2) is 0 Å². The van der Waals surface area contributed by atoms with E-state index in [-0.39, 0.29) is 0 Å². The lowest BCUT2D eigenvalue weighted by molar-refractivity contribution is 0.100. The summed E-state index contributed by atoms with van der Waals surface area (Å²) in [5.41, 5.74) is 11.9. The van der Waals surface area contributed by atoms with E-state index in [0.29, 0.717) is 24.1 Å². The molecule has 3 rings (SSSR count). The quantitative estimate of drug-likeness (QED) is 0.742. The van der Waals surface area contributed by atoms with Gasteiger partial charge in [0.2, 0.25) is 5.91 Å². The topological polar surface area (TPSA) is 81.6 Å². The lowest BCUT2D eigenvalue weighted by atomic mass is 9.99. The predicted octanol–water partition coefficient (Wildman–Crippen LogP) is 1.22. The van der Waals surface area contributed by atoms with Gasteiger partial charge in [-0.05, 0) is 55.4 Å². The van der Waals surface area contributed by atoms with E-state index in [1.54, 1.807) is 24.3 Å². The van der Waals surface area contributed by atoms with E-state index < -0.39 is 5.91 Å². The van der Waals surface area contributed by atoms with Crippen LogP contribution in [0.2, 0.25) is 0 Å². The summed E-state index contributed by atoms with van der Waals surface area (Å²) >= 11 is 0. The number of likely N-dealkylation sites (tertiary alicyclic amines) is 1. The second-order valence-corrected chi connectivity index (χ2v) is 6.52. The summed E-state index contributed by atoms with van der Waals surface area (Å²) in [6.45, 7) is 3.89. The molecule has 2 aliphatic rings. The van der Waals surface area contributed by atoms with Crippen molar-refractivity contribution in [2.45, 2.75) is 25.3 Å². The number of hydrogen-bond acceptors (Lipinski definition) is 4. The molecule has 1 aliphatic heterocycles. The summed E-state index contributed by atoms with van der Waals surface area (Å²) < 4.78 is 5.70. The standard InChI is InChI=1S/C17H25N3O2/c18-16-11-20(10-15(16)12-2-3-12)8-1-9-22-14-6-4-13(5-7-14)17(19)21/h4-7,12,15-16H,1-3,8-11,18H2,(H2,19,21)/t15-,16+/m0/s1. The zero-order valence-electron chi connectivity index (χ0n) is 12.9. The normalized spacial score (nSPS) is 25.3. The van der Waals surface area contributed by atoms with Gasteiger partial charge in [0.1, 0.15) is 5.75 Å². The highest BCUT2D eigenvalue weighted by atomic mass is 16.5. The lowest BCUT2D eigenvalue weighted by Crippen LogP contribution is -2.30. The second kappa shape index (κ2) is 6.67. The van der Waals surface area contributed by atoms with Crippen molar-refractivity contribution < 1.29 is 9.53 Å². The van der Waals surface area contributed by atoms with Gasteiger partial charge in [0.05, 0.1) is 6.61 Å². The predicted molar refractivity (Wildman–Crippen MR) is 85.7 cm³/mol. The Labute approximate surface area is 131 Å². The minimum atomic E-state index is -0.415. The first kappa shape index (κ1) is 15.3. The fraction of sp³-hybridized carbons (Fsp3) is 0.588. The third kappa shape index (κ3) is 3.78. The molecule has 2 fully saturated rings. The number of benzene rings is 1. The van der Waals surface area contributed by atoms with Gasteiger partial charge in [0, 0.05) is 31.2 Å². The highest BCUT2D eigenvalue weighted by Gasteiger charge is 2.40. The third-order valence-corrected chi connectivity index (χ3v) is 4.74. The first-order valence-corrected chi connectivity index (χ1v) is 8.14. The molecule has 0 radical (unpaired) electrons. The summed E-state index contributed by atoms with van der Waals surface area (Å²) in [6.07, 6.45) is 3.73. The van der Waals surface area contributed by atoms with Crippen molar-refractivity contribution in [1.29, 1.82) is 0 Å². The molecule has 0 spiro atoms. The van der Waals surface area contributed by atoms with Crippen LogP contribution in [0.5, 0.6) is 5.75 Å². The van der Waals surface area contributed by atoms with E-state index in [1.807, 2.05) is 0 Å². The summed E-state index contributed by atoms with van der Waals surface area (Å²) in [4.78, 5) is 13.5. The fourth-order valence-corrected chi connectivity index (χ4v) is 3.34. The molecule has 5 nitrogen and oxygen atoms in total. The summed E-state index contributed by atoms with van der Waals surface area (Å²) in [5, 5.41) is 0. The van der Waals surface area contributed by atoms with Gasteiger partial charge in [-0.3, -0.25) is 4.79 Å². The van der Waals surface area contributed by atoms with Gasteiger partial charge in [-0.1, -0.05) is 0 Å². The summed E-state index contributed by atoms with van der Waals surface area (Å²) in [6, 6.07) is 7.31. The van der Waals surface area contributed by atoms with Crippen LogP contribution in [0.1, 0.15) is 29.6 Å². The molecule has 1 saturated carbocycles. The minimum Gasteiger partial charge on any atom is -0.494 e. The molecule has 4 N–H and O–H groups in total. The number of rotatable bonds is 7. The van der Waals surface area contributed by atoms with Crippen molar-refractivity contribution in [2.24, 2.45) is 23.3 Å². The smallest absolute Gasteiger partial charge is 0.248 e. The molecule has 1 aliphatic carbocycles. The average Bonchev–Trinajstić information content (AvgIpc) is 3.28. The molecule has 22 heavy (non-hydrogen) atoms. The van der Waals surface area contributed by atoms with Gasteiger partial charge < -0.3 is 21.1 Å². The first-order valence-electron chi connectivity index (χ1n) is 8.14. The van der Waals surface area contributed by atoms with Gasteiger partial charge in [-0.15, -0.1) is 0 Å². The Morgan fingerprint density at radius 1 is 1.23 bits per heavy atom. The van der Waals surface area contributed by atoms with Crippen LogP contribution in [0.15, 0.2) is 24.3 Å². The first-order chi connectivity index (χ1) is 10.6. The molecular weight excluding hydrogens is 278 g/mol. The summed E-state index contributed by atoms with van der Waals surface area (Å²) in [7, 11) is 0. The van der Waals surface area contributed by atoms with E-state index >= 15 is 0 Å². The van der Waals surface area contributed by atoms with Gasteiger partial charge in [-0.2, -0.15) is 0 Å². The molecule has 2 atom stereocenters. The average molecular weight is 303 g/mol. The number of carbonyl (C=O) groups is 1. The molecular formula is C17H25N3O2. The van der Waals surface area contributed by atoms with E-state index in [4.69, 9.17) is 16.2 Å². The maximum atomic E-state index is 11.0. The fourth-order valence-electron chi connectivity index (χ4n) is 3.34. The number of primary amides is 1. The van der Waals surface area contributed by atoms with Crippen molar-refractivity contribution in [3.63, 3.8) is 0 Å². The molecule has 1 aromatic carbocycles. The SMILES string of the molecule is NC(=O)c1ccc(OCCCN2C[C@@H](N)[C@H](C3CC3)C2)cc1. The number of ether oxygens (including phenoxy) is 1. The van der Waals surface area contributed by atoms with E-state index in [0.717, 1.165) is 37.7 Å². The Hall–Kier alpha value is -1.59. The third-order valence-electron chi connectivity index (χ3n) is 4.74. The van der Waals surface area contributed by atoms with Gasteiger partial charge in [0.25, 0.3) is 0 Å². The molecule has 1 aromatic rings. The van der Waals surface area contributed by atoms with Crippen LogP contribution in [0.3, 0.4) is 0 Å². The zero-order valence-corrected chi connectivity index (χ0v) is 12.9. The molecule has 1 heterocycles. The number of carbonyl (C=O) groups excluding carboxylic acids is 1. The van der Waals surface area contributed by atoms with Crippen LogP contribution in [0, 0.1) is 11.8 Å². The van der Waals surface area contributed by atoms with Gasteiger partial charge in [0.15, 0.2) is 0 Å². The monoisotopic (exact) mass is 303 g/mol. The Morgan fingerprint density at radius 3 is 2.59 bits per heavy atom. The molecule has 1 saturated heterocycles. The Bertz CT molecular complexity index is 513. The van der Waals surface area contributed by atoms with Crippen molar-refractivity contribution in [1.82, 2.24) is 4.90 Å². The molecule has 1 amide bonds. The lowest BCUT2D eigenvalue weighted by Gasteiger charge is -2.15. The number of nitrogens with zero attached hydrogens (tertiary/aromatic N) is 1. The van der Waals surface area contributed by atoms with Crippen molar-refractivity contribution in [3.05, 3.63) is 29.8 Å². The van der Waals surface area contributed by atoms with E-state index in [2.05, 4.69) is 4.90 Å². The van der Waals surface area contributed by atoms with Crippen molar-refractivity contribution in [3.8, 4) is 5.75 Å². The molecule has 0 aromatic heterocycles. The second-order valence-electron chi connectivity index (χ2n) is 6.52. The Kier molecular flexibility index (Phi) is 4.64. The highest BCUT2D eigenvalue weighted by molar-refractivity contribution is 5.92. The van der Waals surface area contributed by atoms with Crippen LogP contribution in [0.25, 0.3) is 0 Å². The van der Waals surface area contributed by atoms with Crippen LogP contribution < -0.4 is 16.2 Å². The van der Waals surface area contributed by atoms with Crippen LogP contribution in [-0.4, -0.2) is 43.1 Å². The largest absolute Gasteiger partial charge is 0.494 e. The molecule has 120 valence electrons. The van der Waals surface area contributed by atoms with E-state index in [9.17, 15) is 4.79 Å². The van der Waals surface area contributed by atoms with Crippen LogP contribution >= 0.6 is 0 Å². The highest BCUT2D eigenvalue weighted by Crippen LogP contribution is 2.40.